The van der Waals surface area contributed by atoms with Gasteiger partial charge in [0.1, 0.15) is 17.7 Å². The summed E-state index contributed by atoms with van der Waals surface area (Å²) in [5.41, 5.74) is -5.50. The van der Waals surface area contributed by atoms with E-state index in [1.165, 1.54) is 13.0 Å². The van der Waals surface area contributed by atoms with Gasteiger partial charge >= 0.3 is 12.1 Å². The molecule has 48 heavy (non-hydrogen) atoms. The minimum atomic E-state index is -4.85. The Morgan fingerprint density at radius 3 is 2.15 bits per heavy atom. The van der Waals surface area contributed by atoms with Gasteiger partial charge in [-0.1, -0.05) is 32.0 Å². The first-order valence-electron chi connectivity index (χ1n) is 15.7. The van der Waals surface area contributed by atoms with Crippen LogP contribution in [0.5, 0.6) is 0 Å². The van der Waals surface area contributed by atoms with Crippen LogP contribution in [0.3, 0.4) is 0 Å². The van der Waals surface area contributed by atoms with Gasteiger partial charge in [0.25, 0.3) is 5.56 Å². The molecule has 1 amide bonds. The fourth-order valence-corrected chi connectivity index (χ4v) is 6.23. The van der Waals surface area contributed by atoms with Crippen LogP contribution in [0.2, 0.25) is 0 Å². The fraction of sp³-hybridized carbons (Fsp3) is 0.457. The number of carbonyl (C=O) groups excluding carboxylic acids is 1. The van der Waals surface area contributed by atoms with Crippen molar-refractivity contribution in [2.75, 3.05) is 19.6 Å². The standard InChI is InChI=1S/C35H40F5N3O5/c1-19(2)14-26(43-18-23(10-13-42-11-7-12-42)25(16-27(43)44)35(38,39)40)33(47)41-34(48,17-28(45)46)30-31(36)22(5)15-24(32(30)37)29-20(3)8-6-9-21(29)4/h6,8-9,15-16,18-19,26,48H,7,10-14,17H2,1-5H3,(H,41,47)(H,45,46)/t26?,34-/m0/s1. The van der Waals surface area contributed by atoms with E-state index in [1.807, 2.05) is 4.90 Å². The van der Waals surface area contributed by atoms with Crippen molar-refractivity contribution >= 4 is 11.9 Å². The van der Waals surface area contributed by atoms with E-state index < -0.39 is 64.6 Å². The monoisotopic (exact) mass is 677 g/mol. The van der Waals surface area contributed by atoms with Gasteiger partial charge in [0.2, 0.25) is 5.91 Å². The Morgan fingerprint density at radius 1 is 1.00 bits per heavy atom. The van der Waals surface area contributed by atoms with E-state index in [9.17, 15) is 37.8 Å². The summed E-state index contributed by atoms with van der Waals surface area (Å²) in [7, 11) is 0. The maximum atomic E-state index is 16.4. The summed E-state index contributed by atoms with van der Waals surface area (Å²) in [6.45, 7) is 9.78. The molecule has 1 aromatic heterocycles. The van der Waals surface area contributed by atoms with E-state index >= 15 is 8.78 Å². The first-order valence-corrected chi connectivity index (χ1v) is 15.7. The number of hydrogen-bond acceptors (Lipinski definition) is 5. The normalized spacial score (nSPS) is 15.6. The smallest absolute Gasteiger partial charge is 0.416 e. The number of carboxylic acids is 1. The summed E-state index contributed by atoms with van der Waals surface area (Å²) < 4.78 is 75.1. The van der Waals surface area contributed by atoms with Crippen molar-refractivity contribution in [1.29, 1.82) is 0 Å². The molecule has 0 saturated carbocycles. The number of rotatable bonds is 12. The molecule has 0 radical (unpaired) electrons. The van der Waals surface area contributed by atoms with Crippen LogP contribution in [0, 0.1) is 38.3 Å². The molecule has 1 fully saturated rings. The van der Waals surface area contributed by atoms with Crippen LogP contribution in [-0.4, -0.2) is 51.2 Å². The van der Waals surface area contributed by atoms with E-state index in [0.717, 1.165) is 30.3 Å². The van der Waals surface area contributed by atoms with Gasteiger partial charge in [0, 0.05) is 24.4 Å². The van der Waals surface area contributed by atoms with Crippen LogP contribution >= 0.6 is 0 Å². The molecule has 260 valence electrons. The zero-order valence-corrected chi connectivity index (χ0v) is 27.5. The largest absolute Gasteiger partial charge is 0.481 e. The first kappa shape index (κ1) is 36.7. The van der Waals surface area contributed by atoms with Gasteiger partial charge in [0.15, 0.2) is 5.72 Å². The minimum Gasteiger partial charge on any atom is -0.481 e. The highest BCUT2D eigenvalue weighted by Gasteiger charge is 2.43. The predicted octanol–water partition coefficient (Wildman–Crippen LogP) is 6.01. The summed E-state index contributed by atoms with van der Waals surface area (Å²) >= 11 is 0. The molecule has 2 atom stereocenters. The van der Waals surface area contributed by atoms with Gasteiger partial charge in [-0.15, -0.1) is 0 Å². The van der Waals surface area contributed by atoms with Crippen molar-refractivity contribution in [3.05, 3.63) is 91.9 Å². The summed E-state index contributed by atoms with van der Waals surface area (Å²) in [4.78, 5) is 41.2. The number of nitrogens with one attached hydrogen (secondary N) is 1. The fourth-order valence-electron chi connectivity index (χ4n) is 6.23. The molecule has 1 saturated heterocycles. The van der Waals surface area contributed by atoms with Crippen molar-refractivity contribution in [1.82, 2.24) is 14.8 Å². The van der Waals surface area contributed by atoms with Crippen LogP contribution in [0.15, 0.2) is 41.3 Å². The molecule has 3 aromatic rings. The lowest BCUT2D eigenvalue weighted by molar-refractivity contribution is -0.148. The Labute approximate surface area is 275 Å². The number of aryl methyl sites for hydroxylation is 3. The number of aliphatic hydroxyl groups is 1. The lowest BCUT2D eigenvalue weighted by atomic mass is 9.88. The second kappa shape index (κ2) is 14.2. The number of carbonyl (C=O) groups is 2. The van der Waals surface area contributed by atoms with E-state index in [2.05, 4.69) is 5.32 Å². The Hall–Kier alpha value is -4.10. The van der Waals surface area contributed by atoms with Crippen LogP contribution in [0.1, 0.15) is 72.5 Å². The topological polar surface area (TPSA) is 112 Å². The number of carboxylic acid groups (broad SMARTS) is 1. The highest BCUT2D eigenvalue weighted by atomic mass is 19.4. The Morgan fingerprint density at radius 2 is 1.62 bits per heavy atom. The molecule has 13 heteroatoms. The number of hydrogen-bond donors (Lipinski definition) is 3. The maximum absolute atomic E-state index is 16.4. The van der Waals surface area contributed by atoms with E-state index in [4.69, 9.17) is 0 Å². The lowest BCUT2D eigenvalue weighted by Gasteiger charge is -2.33. The second-order valence-corrected chi connectivity index (χ2v) is 13.0. The molecule has 0 spiro atoms. The molecule has 1 unspecified atom stereocenters. The summed E-state index contributed by atoms with van der Waals surface area (Å²) in [6.07, 6.45) is -4.57. The van der Waals surface area contributed by atoms with E-state index in [1.54, 1.807) is 45.9 Å². The molecular formula is C35H40F5N3O5. The zero-order chi connectivity index (χ0) is 35.7. The van der Waals surface area contributed by atoms with Gasteiger partial charge in [-0.05, 0) is 92.9 Å². The molecule has 4 rings (SSSR count). The quantitative estimate of drug-likeness (QED) is 0.160. The summed E-state index contributed by atoms with van der Waals surface area (Å²) in [5.74, 6) is -5.87. The number of alkyl halides is 3. The molecule has 1 aliphatic heterocycles. The van der Waals surface area contributed by atoms with Crippen LogP contribution < -0.4 is 10.9 Å². The maximum Gasteiger partial charge on any atom is 0.416 e. The number of aromatic nitrogens is 1. The highest BCUT2D eigenvalue weighted by molar-refractivity contribution is 5.82. The number of likely N-dealkylation sites (tertiary alicyclic amines) is 1. The SMILES string of the molecule is Cc1cc(-c2c(C)cccc2C)c(F)c([C@@](O)(CC(=O)O)NC(=O)C(CC(C)C)n2cc(CCN3CCC3)c(C(F)(F)F)cc2=O)c1F. The van der Waals surface area contributed by atoms with Crippen molar-refractivity contribution in [2.45, 2.75) is 78.2 Å². The van der Waals surface area contributed by atoms with Crippen LogP contribution in [0.4, 0.5) is 22.0 Å². The number of pyridine rings is 1. The van der Waals surface area contributed by atoms with Crippen molar-refractivity contribution < 1.29 is 41.8 Å². The third kappa shape index (κ3) is 7.78. The third-order valence-corrected chi connectivity index (χ3v) is 8.73. The molecule has 0 aliphatic carbocycles. The first-order chi connectivity index (χ1) is 22.3. The van der Waals surface area contributed by atoms with Gasteiger partial charge < -0.3 is 25.0 Å². The Bertz CT molecular complexity index is 1750. The number of aliphatic carboxylic acids is 1. The summed E-state index contributed by atoms with van der Waals surface area (Å²) in [6, 6.07) is 5.18. The molecule has 8 nitrogen and oxygen atoms in total. The highest BCUT2D eigenvalue weighted by Crippen LogP contribution is 2.39. The number of benzene rings is 2. The Balaban J connectivity index is 1.85. The molecule has 2 aromatic carbocycles. The molecule has 1 aliphatic rings. The second-order valence-electron chi connectivity index (χ2n) is 13.0. The van der Waals surface area contributed by atoms with Crippen molar-refractivity contribution in [3.8, 4) is 11.1 Å². The summed E-state index contributed by atoms with van der Waals surface area (Å²) in [5, 5.41) is 23.6. The van der Waals surface area contributed by atoms with E-state index in [0.29, 0.717) is 22.8 Å². The zero-order valence-electron chi connectivity index (χ0n) is 27.5. The van der Waals surface area contributed by atoms with Crippen molar-refractivity contribution in [2.24, 2.45) is 5.92 Å². The van der Waals surface area contributed by atoms with Gasteiger partial charge in [0.05, 0.1) is 17.5 Å². The van der Waals surface area contributed by atoms with Crippen LogP contribution in [-0.2, 0) is 27.9 Å². The Kier molecular flexibility index (Phi) is 10.8. The lowest BCUT2D eigenvalue weighted by Crippen LogP contribution is -2.52. The third-order valence-electron chi connectivity index (χ3n) is 8.73. The average molecular weight is 678 g/mol. The number of nitrogens with zero attached hydrogens (tertiary/aromatic N) is 2. The molecule has 2 heterocycles. The van der Waals surface area contributed by atoms with Gasteiger partial charge in [-0.3, -0.25) is 14.4 Å². The molecular weight excluding hydrogens is 637 g/mol. The van der Waals surface area contributed by atoms with Gasteiger partial charge in [-0.2, -0.15) is 13.2 Å². The minimum absolute atomic E-state index is 0.0745. The average Bonchev–Trinajstić information content (AvgIpc) is 2.93. The molecule has 0 bridgehead atoms. The van der Waals surface area contributed by atoms with Crippen LogP contribution in [0.25, 0.3) is 11.1 Å². The number of amides is 1. The van der Waals surface area contributed by atoms with Gasteiger partial charge in [-0.25, -0.2) is 8.78 Å². The molecule has 3 N–H and O–H groups in total. The number of halogens is 5. The predicted molar refractivity (Wildman–Crippen MR) is 169 cm³/mol. The van der Waals surface area contributed by atoms with Crippen molar-refractivity contribution in [3.63, 3.8) is 0 Å². The van der Waals surface area contributed by atoms with E-state index in [-0.39, 0.29) is 42.0 Å².